The molecule has 1 aliphatic heterocycles. The number of aromatic nitrogens is 2. The molecule has 0 unspecified atom stereocenters. The average molecular weight is 451 g/mol. The van der Waals surface area contributed by atoms with E-state index in [1.165, 1.54) is 18.5 Å². The Morgan fingerprint density at radius 1 is 1.00 bits per heavy atom. The van der Waals surface area contributed by atoms with Crippen molar-refractivity contribution in [3.63, 3.8) is 0 Å². The number of carbonyl (C=O) groups is 1. The van der Waals surface area contributed by atoms with Gasteiger partial charge in [0.1, 0.15) is 12.1 Å². The summed E-state index contributed by atoms with van der Waals surface area (Å²) >= 11 is 0. The third-order valence-electron chi connectivity index (χ3n) is 5.36. The summed E-state index contributed by atoms with van der Waals surface area (Å²) in [4.78, 5) is 35.6. The van der Waals surface area contributed by atoms with Gasteiger partial charge < -0.3 is 9.80 Å². The van der Waals surface area contributed by atoms with E-state index in [-0.39, 0.29) is 23.1 Å². The van der Waals surface area contributed by atoms with E-state index in [1.807, 2.05) is 6.92 Å². The molecule has 1 aromatic heterocycles. The van der Waals surface area contributed by atoms with Crippen molar-refractivity contribution in [2.45, 2.75) is 6.92 Å². The summed E-state index contributed by atoms with van der Waals surface area (Å²) in [6.45, 7) is 4.03. The predicted molar refractivity (Wildman–Crippen MR) is 122 cm³/mol. The molecular formula is C22H22FN7O3. The molecule has 1 fully saturated rings. The average Bonchev–Trinajstić information content (AvgIpc) is 2.83. The van der Waals surface area contributed by atoms with Crippen molar-refractivity contribution in [1.82, 2.24) is 15.4 Å². The van der Waals surface area contributed by atoms with Gasteiger partial charge in [-0.05, 0) is 43.3 Å². The lowest BCUT2D eigenvalue weighted by atomic mass is 10.1. The van der Waals surface area contributed by atoms with Gasteiger partial charge in [0.05, 0.1) is 4.92 Å². The van der Waals surface area contributed by atoms with E-state index in [0.29, 0.717) is 31.7 Å². The number of nitrogens with zero attached hydrogens (tertiary/aromatic N) is 5. The number of nitrogens with one attached hydrogen (secondary N) is 2. The van der Waals surface area contributed by atoms with Crippen molar-refractivity contribution < 1.29 is 14.1 Å². The standard InChI is InChI=1S/C22H22FN7O3/c1-15-2-4-16(5-3-15)22(31)27-26-20-19(30(32)33)21(25-14-24-20)29-12-10-28(11-13-29)18-8-6-17(23)7-9-18/h2-9,14H,10-13H2,1H3,(H,27,31)(H,24,25,26). The lowest BCUT2D eigenvalue weighted by Gasteiger charge is -2.36. The number of anilines is 3. The minimum absolute atomic E-state index is 0.105. The molecule has 0 saturated carbocycles. The normalized spacial score (nSPS) is 13.5. The molecule has 10 nitrogen and oxygen atoms in total. The van der Waals surface area contributed by atoms with Gasteiger partial charge in [0.2, 0.25) is 11.6 Å². The summed E-state index contributed by atoms with van der Waals surface area (Å²) < 4.78 is 13.2. The summed E-state index contributed by atoms with van der Waals surface area (Å²) in [5, 5.41) is 11.9. The number of hydrazine groups is 1. The molecule has 11 heteroatoms. The van der Waals surface area contributed by atoms with Crippen LogP contribution in [0.4, 0.5) is 27.4 Å². The quantitative estimate of drug-likeness (QED) is 0.434. The maximum atomic E-state index is 13.2. The lowest BCUT2D eigenvalue weighted by molar-refractivity contribution is -0.383. The number of hydrogen-bond acceptors (Lipinski definition) is 8. The van der Waals surface area contributed by atoms with Crippen LogP contribution in [0.3, 0.4) is 0 Å². The van der Waals surface area contributed by atoms with Crippen LogP contribution in [0, 0.1) is 22.9 Å². The number of rotatable bonds is 6. The third kappa shape index (κ3) is 4.97. The Labute approximate surface area is 189 Å². The molecule has 2 N–H and O–H groups in total. The molecule has 4 rings (SSSR count). The Balaban J connectivity index is 1.47. The van der Waals surface area contributed by atoms with Crippen molar-refractivity contribution in [2.75, 3.05) is 41.4 Å². The number of piperazine rings is 1. The van der Waals surface area contributed by atoms with Gasteiger partial charge in [0, 0.05) is 37.4 Å². The van der Waals surface area contributed by atoms with Gasteiger partial charge in [-0.25, -0.2) is 14.4 Å². The van der Waals surface area contributed by atoms with Crippen LogP contribution in [0.1, 0.15) is 15.9 Å². The summed E-state index contributed by atoms with van der Waals surface area (Å²) in [5.41, 5.74) is 6.99. The number of halogens is 1. The maximum Gasteiger partial charge on any atom is 0.355 e. The highest BCUT2D eigenvalue weighted by atomic mass is 19.1. The highest BCUT2D eigenvalue weighted by Gasteiger charge is 2.29. The minimum atomic E-state index is -0.567. The van der Waals surface area contributed by atoms with E-state index in [0.717, 1.165) is 11.3 Å². The monoisotopic (exact) mass is 451 g/mol. The van der Waals surface area contributed by atoms with Crippen molar-refractivity contribution in [3.8, 4) is 0 Å². The topological polar surface area (TPSA) is 117 Å². The van der Waals surface area contributed by atoms with E-state index in [2.05, 4.69) is 25.7 Å². The fourth-order valence-electron chi connectivity index (χ4n) is 3.58. The first-order chi connectivity index (χ1) is 15.9. The SMILES string of the molecule is Cc1ccc(C(=O)NNc2ncnc(N3CCN(c4ccc(F)cc4)CC3)c2[N+](=O)[O-])cc1. The number of amides is 1. The molecular weight excluding hydrogens is 429 g/mol. The Kier molecular flexibility index (Phi) is 6.29. The summed E-state index contributed by atoms with van der Waals surface area (Å²) in [5.74, 6) is -0.687. The molecule has 0 bridgehead atoms. The van der Waals surface area contributed by atoms with Gasteiger partial charge in [-0.1, -0.05) is 17.7 Å². The molecule has 0 radical (unpaired) electrons. The summed E-state index contributed by atoms with van der Waals surface area (Å²) in [7, 11) is 0. The minimum Gasteiger partial charge on any atom is -0.368 e. The molecule has 33 heavy (non-hydrogen) atoms. The number of nitro groups is 1. The fraction of sp³-hybridized carbons (Fsp3) is 0.227. The zero-order valence-corrected chi connectivity index (χ0v) is 17.9. The Hall–Kier alpha value is -4.28. The first kappa shape index (κ1) is 21.9. The second kappa shape index (κ2) is 9.47. The van der Waals surface area contributed by atoms with Gasteiger partial charge in [-0.2, -0.15) is 0 Å². The fourth-order valence-corrected chi connectivity index (χ4v) is 3.58. The van der Waals surface area contributed by atoms with Crippen molar-refractivity contribution in [2.24, 2.45) is 0 Å². The number of benzene rings is 2. The van der Waals surface area contributed by atoms with Crippen LogP contribution in [0.2, 0.25) is 0 Å². The van der Waals surface area contributed by atoms with Crippen molar-refractivity contribution in [1.29, 1.82) is 0 Å². The predicted octanol–water partition coefficient (Wildman–Crippen LogP) is 2.92. The van der Waals surface area contributed by atoms with Gasteiger partial charge >= 0.3 is 5.69 Å². The van der Waals surface area contributed by atoms with E-state index in [4.69, 9.17) is 0 Å². The largest absolute Gasteiger partial charge is 0.368 e. The first-order valence-corrected chi connectivity index (χ1v) is 10.3. The second-order valence-corrected chi connectivity index (χ2v) is 7.55. The highest BCUT2D eigenvalue weighted by Crippen LogP contribution is 2.32. The number of carbonyl (C=O) groups excluding carboxylic acids is 1. The van der Waals surface area contributed by atoms with E-state index >= 15 is 0 Å². The number of aryl methyl sites for hydroxylation is 1. The zero-order valence-electron chi connectivity index (χ0n) is 17.9. The van der Waals surface area contributed by atoms with Crippen LogP contribution in [0.5, 0.6) is 0 Å². The maximum absolute atomic E-state index is 13.2. The zero-order chi connectivity index (χ0) is 23.4. The Morgan fingerprint density at radius 3 is 2.27 bits per heavy atom. The molecule has 3 aromatic rings. The van der Waals surface area contributed by atoms with Gasteiger partial charge in [-0.3, -0.25) is 25.8 Å². The highest BCUT2D eigenvalue weighted by molar-refractivity contribution is 5.95. The summed E-state index contributed by atoms with van der Waals surface area (Å²) in [6, 6.07) is 13.1. The van der Waals surface area contributed by atoms with Crippen LogP contribution in [-0.2, 0) is 0 Å². The van der Waals surface area contributed by atoms with Crippen LogP contribution >= 0.6 is 0 Å². The summed E-state index contributed by atoms with van der Waals surface area (Å²) in [6.07, 6.45) is 1.22. The molecule has 2 aromatic carbocycles. The van der Waals surface area contributed by atoms with Crippen molar-refractivity contribution >= 4 is 28.9 Å². The molecule has 0 spiro atoms. The Bertz CT molecular complexity index is 1150. The molecule has 0 aliphatic carbocycles. The molecule has 1 saturated heterocycles. The van der Waals surface area contributed by atoms with Crippen LogP contribution in [0.25, 0.3) is 0 Å². The molecule has 1 aliphatic rings. The third-order valence-corrected chi connectivity index (χ3v) is 5.36. The number of hydrogen-bond donors (Lipinski definition) is 2. The molecule has 170 valence electrons. The van der Waals surface area contributed by atoms with E-state index in [9.17, 15) is 19.3 Å². The Morgan fingerprint density at radius 2 is 1.64 bits per heavy atom. The van der Waals surface area contributed by atoms with E-state index < -0.39 is 10.8 Å². The lowest BCUT2D eigenvalue weighted by Crippen LogP contribution is -2.47. The van der Waals surface area contributed by atoms with Gasteiger partial charge in [0.25, 0.3) is 5.91 Å². The molecule has 1 amide bonds. The molecule has 2 heterocycles. The second-order valence-electron chi connectivity index (χ2n) is 7.55. The van der Waals surface area contributed by atoms with E-state index in [1.54, 1.807) is 41.3 Å². The van der Waals surface area contributed by atoms with Gasteiger partial charge in [0.15, 0.2) is 0 Å². The van der Waals surface area contributed by atoms with Crippen LogP contribution in [0.15, 0.2) is 54.9 Å². The van der Waals surface area contributed by atoms with Crippen LogP contribution in [-0.4, -0.2) is 47.0 Å². The van der Waals surface area contributed by atoms with Crippen LogP contribution < -0.4 is 20.7 Å². The van der Waals surface area contributed by atoms with Crippen molar-refractivity contribution in [3.05, 3.63) is 81.9 Å². The first-order valence-electron chi connectivity index (χ1n) is 10.3. The smallest absolute Gasteiger partial charge is 0.355 e. The molecule has 0 atom stereocenters. The van der Waals surface area contributed by atoms with Gasteiger partial charge in [-0.15, -0.1) is 0 Å².